The topological polar surface area (TPSA) is 32.5 Å². The summed E-state index contributed by atoms with van der Waals surface area (Å²) in [5, 5.41) is 0. The van der Waals surface area contributed by atoms with Gasteiger partial charge in [0, 0.05) is 42.0 Å². The molecule has 2 N–H and O–H groups in total. The fraction of sp³-hybridized carbons (Fsp3) is 0.520. The molecule has 0 amide bonds. The molecule has 0 saturated heterocycles. The van der Waals surface area contributed by atoms with Gasteiger partial charge in [-0.05, 0) is 77.3 Å². The molecule has 1 aliphatic rings. The average Bonchev–Trinajstić information content (AvgIpc) is 2.80. The lowest BCUT2D eigenvalue weighted by molar-refractivity contribution is 0.156. The number of hydrogen-bond acceptors (Lipinski definition) is 3. The zero-order valence-corrected chi connectivity index (χ0v) is 18.3. The van der Waals surface area contributed by atoms with Crippen molar-refractivity contribution in [2.45, 2.75) is 65.0 Å². The Morgan fingerprint density at radius 3 is 2.18 bits per heavy atom. The zero-order chi connectivity index (χ0) is 20.3. The summed E-state index contributed by atoms with van der Waals surface area (Å²) < 4.78 is 0. The molecule has 152 valence electrons. The van der Waals surface area contributed by atoms with Gasteiger partial charge in [0.2, 0.25) is 0 Å². The van der Waals surface area contributed by atoms with Crippen LogP contribution in [0, 0.1) is 0 Å². The maximum atomic E-state index is 6.57. The quantitative estimate of drug-likeness (QED) is 0.726. The Morgan fingerprint density at radius 1 is 0.964 bits per heavy atom. The second-order valence-electron chi connectivity index (χ2n) is 8.73. The number of nitrogens with two attached hydrogens (primary N) is 1. The van der Waals surface area contributed by atoms with Crippen molar-refractivity contribution in [1.82, 2.24) is 4.90 Å². The summed E-state index contributed by atoms with van der Waals surface area (Å²) in [6.07, 6.45) is 2.07. The van der Waals surface area contributed by atoms with Gasteiger partial charge in [0.1, 0.15) is 0 Å². The third-order valence-electron chi connectivity index (χ3n) is 6.46. The normalized spacial score (nSPS) is 19.1. The molecule has 1 atom stereocenters. The maximum Gasteiger partial charge on any atom is 0.0449 e. The predicted octanol–water partition coefficient (Wildman–Crippen LogP) is 5.11. The van der Waals surface area contributed by atoms with E-state index >= 15 is 0 Å². The van der Waals surface area contributed by atoms with Crippen molar-refractivity contribution in [3.63, 3.8) is 0 Å². The summed E-state index contributed by atoms with van der Waals surface area (Å²) in [6, 6.07) is 18.9. The van der Waals surface area contributed by atoms with Crippen LogP contribution in [0.2, 0.25) is 0 Å². The van der Waals surface area contributed by atoms with Crippen molar-refractivity contribution in [2.24, 2.45) is 5.73 Å². The number of rotatable bonds is 7. The van der Waals surface area contributed by atoms with E-state index in [-0.39, 0.29) is 5.41 Å². The molecule has 0 fully saturated rings. The van der Waals surface area contributed by atoms with Crippen LogP contribution in [-0.2, 0) is 11.8 Å². The van der Waals surface area contributed by atoms with Crippen molar-refractivity contribution in [2.75, 3.05) is 24.5 Å². The molecule has 1 aliphatic heterocycles. The second-order valence-corrected chi connectivity index (χ2v) is 8.73. The lowest BCUT2D eigenvalue weighted by Crippen LogP contribution is -2.44. The van der Waals surface area contributed by atoms with Gasteiger partial charge in [0.15, 0.2) is 0 Å². The number of fused-ring (bicyclic) bond motifs is 2. The summed E-state index contributed by atoms with van der Waals surface area (Å²) in [5.41, 5.74) is 12.0. The molecule has 2 aromatic carbocycles. The number of hydrogen-bond donors (Lipinski definition) is 1. The van der Waals surface area contributed by atoms with Crippen molar-refractivity contribution in [1.29, 1.82) is 0 Å². The fourth-order valence-corrected chi connectivity index (χ4v) is 4.97. The van der Waals surface area contributed by atoms with E-state index in [1.807, 2.05) is 0 Å². The SMILES string of the molecule is CCN1c2ccccc2CC(CN)(CCN(C(C)C)C(C)C)c2ccccc21. The Hall–Kier alpha value is -1.84. The van der Waals surface area contributed by atoms with Gasteiger partial charge in [-0.25, -0.2) is 0 Å². The van der Waals surface area contributed by atoms with E-state index in [1.165, 1.54) is 22.5 Å². The lowest BCUT2D eigenvalue weighted by atomic mass is 9.72. The van der Waals surface area contributed by atoms with E-state index in [2.05, 4.69) is 92.9 Å². The molecule has 0 spiro atoms. The van der Waals surface area contributed by atoms with Gasteiger partial charge in [-0.1, -0.05) is 36.4 Å². The first-order chi connectivity index (χ1) is 13.4. The standard InChI is InChI=1S/C25H37N3/c1-6-27-23-13-9-7-11-21(23)17-25(18-26,22-12-8-10-14-24(22)27)15-16-28(19(2)3)20(4)5/h7-14,19-20H,6,15-18,26H2,1-5H3. The van der Waals surface area contributed by atoms with Gasteiger partial charge in [-0.2, -0.15) is 0 Å². The van der Waals surface area contributed by atoms with E-state index in [0.717, 1.165) is 25.9 Å². The number of anilines is 2. The lowest BCUT2D eigenvalue weighted by Gasteiger charge is -2.38. The van der Waals surface area contributed by atoms with Crippen LogP contribution < -0.4 is 10.6 Å². The molecule has 3 heteroatoms. The minimum atomic E-state index is -0.0430. The number of para-hydroxylation sites is 2. The number of nitrogens with zero attached hydrogens (tertiary/aromatic N) is 2. The molecule has 2 aromatic rings. The van der Waals surface area contributed by atoms with E-state index in [9.17, 15) is 0 Å². The van der Waals surface area contributed by atoms with Crippen molar-refractivity contribution in [3.05, 3.63) is 59.7 Å². The molecule has 0 radical (unpaired) electrons. The smallest absolute Gasteiger partial charge is 0.0449 e. The van der Waals surface area contributed by atoms with E-state index < -0.39 is 0 Å². The molecular weight excluding hydrogens is 342 g/mol. The third kappa shape index (κ3) is 3.83. The molecule has 28 heavy (non-hydrogen) atoms. The molecular formula is C25H37N3. The van der Waals surface area contributed by atoms with Crippen LogP contribution in [0.3, 0.4) is 0 Å². The zero-order valence-electron chi connectivity index (χ0n) is 18.3. The Balaban J connectivity index is 2.09. The molecule has 0 aliphatic carbocycles. The van der Waals surface area contributed by atoms with Crippen LogP contribution in [0.5, 0.6) is 0 Å². The Morgan fingerprint density at radius 2 is 1.57 bits per heavy atom. The van der Waals surface area contributed by atoms with Gasteiger partial charge >= 0.3 is 0 Å². The van der Waals surface area contributed by atoms with Crippen LogP contribution in [-0.4, -0.2) is 36.6 Å². The van der Waals surface area contributed by atoms with Gasteiger partial charge in [0.05, 0.1) is 0 Å². The first-order valence-electron chi connectivity index (χ1n) is 10.8. The van der Waals surface area contributed by atoms with Crippen molar-refractivity contribution < 1.29 is 0 Å². The van der Waals surface area contributed by atoms with Crippen LogP contribution in [0.1, 0.15) is 52.2 Å². The summed E-state index contributed by atoms with van der Waals surface area (Å²) in [7, 11) is 0. The highest BCUT2D eigenvalue weighted by Gasteiger charge is 2.38. The van der Waals surface area contributed by atoms with Crippen LogP contribution >= 0.6 is 0 Å². The molecule has 1 unspecified atom stereocenters. The van der Waals surface area contributed by atoms with Gasteiger partial charge in [0.25, 0.3) is 0 Å². The molecule has 3 rings (SSSR count). The Bertz CT molecular complexity index is 775. The van der Waals surface area contributed by atoms with Gasteiger partial charge < -0.3 is 10.6 Å². The van der Waals surface area contributed by atoms with Crippen molar-refractivity contribution >= 4 is 11.4 Å². The van der Waals surface area contributed by atoms with Crippen LogP contribution in [0.4, 0.5) is 11.4 Å². The van der Waals surface area contributed by atoms with Crippen LogP contribution in [0.25, 0.3) is 0 Å². The summed E-state index contributed by atoms with van der Waals surface area (Å²) in [6.45, 7) is 14.1. The van der Waals surface area contributed by atoms with E-state index in [0.29, 0.717) is 18.6 Å². The monoisotopic (exact) mass is 379 g/mol. The Labute approximate surface area is 171 Å². The van der Waals surface area contributed by atoms with Crippen LogP contribution in [0.15, 0.2) is 48.5 Å². The van der Waals surface area contributed by atoms with E-state index in [1.54, 1.807) is 0 Å². The van der Waals surface area contributed by atoms with E-state index in [4.69, 9.17) is 5.73 Å². The summed E-state index contributed by atoms with van der Waals surface area (Å²) >= 11 is 0. The van der Waals surface area contributed by atoms with Gasteiger partial charge in [-0.3, -0.25) is 4.90 Å². The molecule has 0 aromatic heterocycles. The number of benzene rings is 2. The predicted molar refractivity (Wildman–Crippen MR) is 122 cm³/mol. The third-order valence-corrected chi connectivity index (χ3v) is 6.46. The molecule has 3 nitrogen and oxygen atoms in total. The minimum Gasteiger partial charge on any atom is -0.341 e. The Kier molecular flexibility index (Phi) is 6.47. The molecule has 0 saturated carbocycles. The highest BCUT2D eigenvalue weighted by atomic mass is 15.2. The summed E-state index contributed by atoms with van der Waals surface area (Å²) in [4.78, 5) is 5.05. The first-order valence-corrected chi connectivity index (χ1v) is 10.8. The van der Waals surface area contributed by atoms with Crippen molar-refractivity contribution in [3.8, 4) is 0 Å². The fourth-order valence-electron chi connectivity index (χ4n) is 4.97. The average molecular weight is 380 g/mol. The minimum absolute atomic E-state index is 0.0430. The maximum absolute atomic E-state index is 6.57. The van der Waals surface area contributed by atoms with Gasteiger partial charge in [-0.15, -0.1) is 0 Å². The second kappa shape index (κ2) is 8.67. The highest BCUT2D eigenvalue weighted by molar-refractivity contribution is 5.73. The largest absolute Gasteiger partial charge is 0.341 e. The first kappa shape index (κ1) is 20.9. The highest BCUT2D eigenvalue weighted by Crippen LogP contribution is 2.45. The molecule has 1 heterocycles. The summed E-state index contributed by atoms with van der Waals surface area (Å²) in [5.74, 6) is 0. The molecule has 0 bridgehead atoms.